The van der Waals surface area contributed by atoms with Crippen LogP contribution in [0.3, 0.4) is 0 Å². The molecule has 2 aromatic carbocycles. The Morgan fingerprint density at radius 2 is 1.52 bits per heavy atom. The molecule has 5 heteroatoms. The van der Waals surface area contributed by atoms with Gasteiger partial charge in [-0.05, 0) is 19.4 Å². The molecule has 0 spiro atoms. The lowest BCUT2D eigenvalue weighted by molar-refractivity contribution is 0.393. The molecule has 4 nitrogen and oxygen atoms in total. The third-order valence-electron chi connectivity index (χ3n) is 3.98. The van der Waals surface area contributed by atoms with Crippen LogP contribution < -0.4 is 5.32 Å². The Hall–Kier alpha value is -2.92. The van der Waals surface area contributed by atoms with Crippen LogP contribution in [0.1, 0.15) is 11.5 Å². The van der Waals surface area contributed by atoms with Crippen LogP contribution in [-0.2, 0) is 0 Å². The van der Waals surface area contributed by atoms with E-state index in [0.717, 1.165) is 44.0 Å². The van der Waals surface area contributed by atoms with E-state index < -0.39 is 0 Å². The Bertz CT molecular complexity index is 914. The predicted molar refractivity (Wildman–Crippen MR) is 102 cm³/mol. The number of thiazole rings is 1. The van der Waals surface area contributed by atoms with E-state index in [1.165, 1.54) is 0 Å². The minimum atomic E-state index is 0.759. The molecule has 0 aliphatic rings. The van der Waals surface area contributed by atoms with Crippen LogP contribution in [-0.4, -0.2) is 10.1 Å². The molecule has 0 aliphatic carbocycles. The normalized spacial score (nSPS) is 10.8. The van der Waals surface area contributed by atoms with Crippen LogP contribution >= 0.6 is 11.3 Å². The Morgan fingerprint density at radius 3 is 2.12 bits per heavy atom. The Kier molecular flexibility index (Phi) is 4.07. The number of anilines is 2. The highest BCUT2D eigenvalue weighted by molar-refractivity contribution is 7.19. The van der Waals surface area contributed by atoms with Gasteiger partial charge in [-0.1, -0.05) is 77.2 Å². The summed E-state index contributed by atoms with van der Waals surface area (Å²) in [6, 6.07) is 20.6. The van der Waals surface area contributed by atoms with E-state index >= 15 is 0 Å². The van der Waals surface area contributed by atoms with E-state index in [1.807, 2.05) is 50.2 Å². The number of hydrogen-bond acceptors (Lipinski definition) is 5. The summed E-state index contributed by atoms with van der Waals surface area (Å²) in [4.78, 5) is 5.99. The van der Waals surface area contributed by atoms with Crippen molar-refractivity contribution in [3.63, 3.8) is 0 Å². The molecule has 124 valence electrons. The van der Waals surface area contributed by atoms with Crippen LogP contribution in [0.15, 0.2) is 65.2 Å². The summed E-state index contributed by atoms with van der Waals surface area (Å²) in [6.45, 7) is 3.81. The summed E-state index contributed by atoms with van der Waals surface area (Å²) in [5.74, 6) is 0.759. The van der Waals surface area contributed by atoms with Gasteiger partial charge in [-0.15, -0.1) is 0 Å². The van der Waals surface area contributed by atoms with Crippen LogP contribution in [0.4, 0.5) is 10.8 Å². The highest BCUT2D eigenvalue weighted by atomic mass is 32.1. The van der Waals surface area contributed by atoms with Crippen molar-refractivity contribution in [1.82, 2.24) is 10.1 Å². The minimum absolute atomic E-state index is 0.759. The number of rotatable bonds is 4. The van der Waals surface area contributed by atoms with Crippen molar-refractivity contribution < 1.29 is 4.52 Å². The standard InChI is InChI=1S/C20H17N3OS/c1-13-17(14(2)24-23-13)21-20-22-18(15-9-5-3-6-10-15)19(25-20)16-11-7-4-8-12-16/h3-12H,1-2H3,(H,21,22). The van der Waals surface area contributed by atoms with Gasteiger partial charge in [0.25, 0.3) is 0 Å². The molecule has 0 bridgehead atoms. The van der Waals surface area contributed by atoms with Crippen molar-refractivity contribution in [3.05, 3.63) is 72.1 Å². The molecule has 0 saturated carbocycles. The van der Waals surface area contributed by atoms with Crippen molar-refractivity contribution in [2.45, 2.75) is 13.8 Å². The maximum Gasteiger partial charge on any atom is 0.188 e. The molecule has 0 fully saturated rings. The van der Waals surface area contributed by atoms with Crippen LogP contribution in [0, 0.1) is 13.8 Å². The molecule has 4 rings (SSSR count). The van der Waals surface area contributed by atoms with Crippen LogP contribution in [0.5, 0.6) is 0 Å². The third kappa shape index (κ3) is 3.06. The summed E-state index contributed by atoms with van der Waals surface area (Å²) in [7, 11) is 0. The molecular formula is C20H17N3OS. The Morgan fingerprint density at radius 1 is 0.880 bits per heavy atom. The van der Waals surface area contributed by atoms with Crippen molar-refractivity contribution in [2.75, 3.05) is 5.32 Å². The van der Waals surface area contributed by atoms with Gasteiger partial charge in [-0.3, -0.25) is 0 Å². The second-order valence-corrected chi connectivity index (χ2v) is 6.75. The molecule has 0 atom stereocenters. The molecule has 25 heavy (non-hydrogen) atoms. The van der Waals surface area contributed by atoms with Crippen molar-refractivity contribution >= 4 is 22.2 Å². The second kappa shape index (κ2) is 6.53. The Balaban J connectivity index is 1.81. The third-order valence-corrected chi connectivity index (χ3v) is 5.00. The zero-order chi connectivity index (χ0) is 17.2. The van der Waals surface area contributed by atoms with Gasteiger partial charge >= 0.3 is 0 Å². The van der Waals surface area contributed by atoms with E-state index in [4.69, 9.17) is 9.51 Å². The number of aromatic nitrogens is 2. The zero-order valence-electron chi connectivity index (χ0n) is 14.0. The predicted octanol–water partition coefficient (Wildman–Crippen LogP) is 5.83. The van der Waals surface area contributed by atoms with Crippen molar-refractivity contribution in [3.8, 4) is 21.7 Å². The van der Waals surface area contributed by atoms with Gasteiger partial charge in [0.05, 0.1) is 10.6 Å². The SMILES string of the molecule is Cc1noc(C)c1Nc1nc(-c2ccccc2)c(-c2ccccc2)s1. The van der Waals surface area contributed by atoms with E-state index in [1.54, 1.807) is 11.3 Å². The molecule has 0 saturated heterocycles. The topological polar surface area (TPSA) is 51.0 Å². The van der Waals surface area contributed by atoms with Crippen molar-refractivity contribution in [1.29, 1.82) is 0 Å². The first-order valence-electron chi connectivity index (χ1n) is 8.04. The first-order chi connectivity index (χ1) is 12.2. The fourth-order valence-electron chi connectivity index (χ4n) is 2.72. The van der Waals surface area contributed by atoms with Gasteiger partial charge in [-0.2, -0.15) is 0 Å². The second-order valence-electron chi connectivity index (χ2n) is 5.75. The zero-order valence-corrected chi connectivity index (χ0v) is 14.8. The van der Waals surface area contributed by atoms with E-state index in [9.17, 15) is 0 Å². The fraction of sp³-hybridized carbons (Fsp3) is 0.100. The first-order valence-corrected chi connectivity index (χ1v) is 8.85. The largest absolute Gasteiger partial charge is 0.359 e. The summed E-state index contributed by atoms with van der Waals surface area (Å²) in [5, 5.41) is 8.20. The smallest absolute Gasteiger partial charge is 0.188 e. The molecule has 2 aromatic heterocycles. The summed E-state index contributed by atoms with van der Waals surface area (Å²) in [5.41, 5.74) is 4.95. The first kappa shape index (κ1) is 15.6. The van der Waals surface area contributed by atoms with Gasteiger partial charge in [-0.25, -0.2) is 4.98 Å². The lowest BCUT2D eigenvalue weighted by Gasteiger charge is -2.02. The average Bonchev–Trinajstić information content (AvgIpc) is 3.22. The van der Waals surface area contributed by atoms with Gasteiger partial charge in [0.1, 0.15) is 11.4 Å². The molecule has 0 amide bonds. The highest BCUT2D eigenvalue weighted by Gasteiger charge is 2.17. The lowest BCUT2D eigenvalue weighted by Crippen LogP contribution is -1.92. The minimum Gasteiger partial charge on any atom is -0.359 e. The molecule has 1 N–H and O–H groups in total. The van der Waals surface area contributed by atoms with Gasteiger partial charge in [0.15, 0.2) is 10.9 Å². The number of nitrogens with zero attached hydrogens (tertiary/aromatic N) is 2. The fourth-order valence-corrected chi connectivity index (χ4v) is 3.72. The average molecular weight is 347 g/mol. The molecule has 0 radical (unpaired) electrons. The van der Waals surface area contributed by atoms with Crippen LogP contribution in [0.25, 0.3) is 21.7 Å². The molecule has 2 heterocycles. The van der Waals surface area contributed by atoms with Gasteiger partial charge < -0.3 is 9.84 Å². The van der Waals surface area contributed by atoms with Gasteiger partial charge in [0.2, 0.25) is 0 Å². The van der Waals surface area contributed by atoms with E-state index in [0.29, 0.717) is 0 Å². The summed E-state index contributed by atoms with van der Waals surface area (Å²) in [6.07, 6.45) is 0. The molecule has 0 unspecified atom stereocenters. The highest BCUT2D eigenvalue weighted by Crippen LogP contribution is 2.40. The van der Waals surface area contributed by atoms with Crippen molar-refractivity contribution in [2.24, 2.45) is 0 Å². The lowest BCUT2D eigenvalue weighted by atomic mass is 10.1. The van der Waals surface area contributed by atoms with Crippen LogP contribution in [0.2, 0.25) is 0 Å². The number of aryl methyl sites for hydroxylation is 2. The molecule has 4 aromatic rings. The number of nitrogens with one attached hydrogen (secondary N) is 1. The maximum atomic E-state index is 5.24. The quantitative estimate of drug-likeness (QED) is 0.505. The summed E-state index contributed by atoms with van der Waals surface area (Å²) >= 11 is 1.63. The summed E-state index contributed by atoms with van der Waals surface area (Å²) < 4.78 is 5.24. The van der Waals surface area contributed by atoms with E-state index in [2.05, 4.69) is 34.7 Å². The Labute approximate surface area is 150 Å². The molecule has 0 aliphatic heterocycles. The van der Waals surface area contributed by atoms with E-state index in [-0.39, 0.29) is 0 Å². The number of hydrogen-bond donors (Lipinski definition) is 1. The monoisotopic (exact) mass is 347 g/mol. The maximum absolute atomic E-state index is 5.24. The molecular weight excluding hydrogens is 330 g/mol. The number of benzene rings is 2. The van der Waals surface area contributed by atoms with Gasteiger partial charge in [0, 0.05) is 5.56 Å².